The minimum Gasteiger partial charge on any atom is -0.352 e. The van der Waals surface area contributed by atoms with Crippen LogP contribution in [0.25, 0.3) is 0 Å². The molecule has 0 aromatic heterocycles. The minimum atomic E-state index is 0.176. The van der Waals surface area contributed by atoms with Gasteiger partial charge in [0.25, 0.3) is 0 Å². The van der Waals surface area contributed by atoms with E-state index < -0.39 is 0 Å². The number of nitrogens with one attached hydrogen (secondary N) is 1. The number of nitrogens with zero attached hydrogens (tertiary/aromatic N) is 1. The molecule has 98 valence electrons. The first-order valence-corrected chi connectivity index (χ1v) is 6.89. The van der Waals surface area contributed by atoms with Gasteiger partial charge < -0.3 is 16.0 Å². The summed E-state index contributed by atoms with van der Waals surface area (Å²) in [6, 6.07) is 0.205. The normalized spacial score (nSPS) is 28.5. The van der Waals surface area contributed by atoms with E-state index in [0.717, 1.165) is 19.5 Å². The molecule has 2 aliphatic rings. The average Bonchev–Trinajstić information content (AvgIpc) is 2.96. The van der Waals surface area contributed by atoms with Gasteiger partial charge in [0.1, 0.15) is 0 Å². The maximum absolute atomic E-state index is 12.1. The Morgan fingerprint density at radius 1 is 1.41 bits per heavy atom. The third-order valence-corrected chi connectivity index (χ3v) is 4.31. The Morgan fingerprint density at radius 2 is 2.12 bits per heavy atom. The molecule has 1 heterocycles. The first-order valence-electron chi connectivity index (χ1n) is 6.89. The number of rotatable bonds is 4. The highest BCUT2D eigenvalue weighted by atomic mass is 16.2. The SMILES string of the molecule is CN1CCC(C(=O)NC(CN)C2CCCC2)C1. The summed E-state index contributed by atoms with van der Waals surface area (Å²) in [5, 5.41) is 3.18. The number of nitrogens with two attached hydrogens (primary N) is 1. The van der Waals surface area contributed by atoms with Crippen molar-refractivity contribution in [2.75, 3.05) is 26.7 Å². The molecule has 0 aromatic rings. The van der Waals surface area contributed by atoms with E-state index in [1.165, 1.54) is 25.7 Å². The standard InChI is InChI=1S/C13H25N3O/c1-16-7-6-11(9-16)13(17)15-12(8-14)10-4-2-3-5-10/h10-12H,2-9,14H2,1H3,(H,15,17). The van der Waals surface area contributed by atoms with Crippen LogP contribution in [0.3, 0.4) is 0 Å². The zero-order valence-electron chi connectivity index (χ0n) is 10.8. The van der Waals surface area contributed by atoms with Crippen LogP contribution in [0.4, 0.5) is 0 Å². The Bertz CT molecular complexity index is 263. The van der Waals surface area contributed by atoms with Crippen LogP contribution in [0, 0.1) is 11.8 Å². The van der Waals surface area contributed by atoms with E-state index in [9.17, 15) is 4.79 Å². The fraction of sp³-hybridized carbons (Fsp3) is 0.923. The Labute approximate surface area is 104 Å². The number of amides is 1. The summed E-state index contributed by atoms with van der Waals surface area (Å²) in [5.74, 6) is 1.01. The van der Waals surface area contributed by atoms with Gasteiger partial charge in [-0.2, -0.15) is 0 Å². The molecular formula is C13H25N3O. The predicted molar refractivity (Wildman–Crippen MR) is 68.5 cm³/mol. The zero-order valence-corrected chi connectivity index (χ0v) is 10.8. The second-order valence-corrected chi connectivity index (χ2v) is 5.64. The van der Waals surface area contributed by atoms with E-state index in [1.807, 2.05) is 0 Å². The second-order valence-electron chi connectivity index (χ2n) is 5.64. The number of carbonyl (C=O) groups excluding carboxylic acids is 1. The molecule has 0 aromatic carbocycles. The number of hydrogen-bond donors (Lipinski definition) is 2. The molecule has 2 rings (SSSR count). The Hall–Kier alpha value is -0.610. The van der Waals surface area contributed by atoms with Gasteiger partial charge in [-0.25, -0.2) is 0 Å². The first kappa shape index (κ1) is 12.8. The maximum Gasteiger partial charge on any atom is 0.224 e. The van der Waals surface area contributed by atoms with Crippen molar-refractivity contribution in [2.45, 2.75) is 38.1 Å². The van der Waals surface area contributed by atoms with Crippen LogP contribution in [0.15, 0.2) is 0 Å². The molecule has 0 spiro atoms. The fourth-order valence-corrected chi connectivity index (χ4v) is 3.18. The molecule has 4 heteroatoms. The van der Waals surface area contributed by atoms with E-state index >= 15 is 0 Å². The summed E-state index contributed by atoms with van der Waals surface area (Å²) in [4.78, 5) is 14.3. The van der Waals surface area contributed by atoms with Crippen LogP contribution in [0.2, 0.25) is 0 Å². The van der Waals surface area contributed by atoms with Crippen molar-refractivity contribution in [3.63, 3.8) is 0 Å². The fourth-order valence-electron chi connectivity index (χ4n) is 3.18. The third kappa shape index (κ3) is 3.19. The van der Waals surface area contributed by atoms with Gasteiger partial charge in [0.2, 0.25) is 5.91 Å². The summed E-state index contributed by atoms with van der Waals surface area (Å²) >= 11 is 0. The van der Waals surface area contributed by atoms with Crippen molar-refractivity contribution in [1.29, 1.82) is 0 Å². The van der Waals surface area contributed by atoms with Gasteiger partial charge in [0.05, 0.1) is 5.92 Å². The highest BCUT2D eigenvalue weighted by Crippen LogP contribution is 2.27. The lowest BCUT2D eigenvalue weighted by Gasteiger charge is -2.24. The molecule has 1 amide bonds. The maximum atomic E-state index is 12.1. The highest BCUT2D eigenvalue weighted by molar-refractivity contribution is 5.79. The summed E-state index contributed by atoms with van der Waals surface area (Å²) < 4.78 is 0. The van der Waals surface area contributed by atoms with Gasteiger partial charge in [-0.3, -0.25) is 4.79 Å². The van der Waals surface area contributed by atoms with E-state index in [-0.39, 0.29) is 17.9 Å². The molecule has 1 aliphatic carbocycles. The van der Waals surface area contributed by atoms with Gasteiger partial charge in [-0.1, -0.05) is 12.8 Å². The van der Waals surface area contributed by atoms with Gasteiger partial charge in [-0.05, 0) is 38.8 Å². The van der Waals surface area contributed by atoms with Gasteiger partial charge in [0.15, 0.2) is 0 Å². The van der Waals surface area contributed by atoms with E-state index in [2.05, 4.69) is 17.3 Å². The smallest absolute Gasteiger partial charge is 0.224 e. The summed E-state index contributed by atoms with van der Waals surface area (Å²) in [7, 11) is 2.07. The molecule has 1 aliphatic heterocycles. The summed E-state index contributed by atoms with van der Waals surface area (Å²) in [5.41, 5.74) is 5.80. The topological polar surface area (TPSA) is 58.4 Å². The van der Waals surface area contributed by atoms with E-state index in [0.29, 0.717) is 12.5 Å². The van der Waals surface area contributed by atoms with Crippen molar-refractivity contribution in [3.8, 4) is 0 Å². The predicted octanol–water partition coefficient (Wildman–Crippen LogP) is 0.572. The van der Waals surface area contributed by atoms with Crippen molar-refractivity contribution in [1.82, 2.24) is 10.2 Å². The molecule has 3 N–H and O–H groups in total. The molecule has 2 fully saturated rings. The zero-order chi connectivity index (χ0) is 12.3. The van der Waals surface area contributed by atoms with Crippen molar-refractivity contribution in [2.24, 2.45) is 17.6 Å². The van der Waals surface area contributed by atoms with Gasteiger partial charge in [0, 0.05) is 19.1 Å². The second kappa shape index (κ2) is 5.83. The van der Waals surface area contributed by atoms with E-state index in [1.54, 1.807) is 0 Å². The Kier molecular flexibility index (Phi) is 4.40. The Balaban J connectivity index is 1.83. The lowest BCUT2D eigenvalue weighted by atomic mass is 9.97. The molecule has 2 unspecified atom stereocenters. The van der Waals surface area contributed by atoms with Crippen LogP contribution >= 0.6 is 0 Å². The van der Waals surface area contributed by atoms with Crippen LogP contribution in [-0.2, 0) is 4.79 Å². The quantitative estimate of drug-likeness (QED) is 0.754. The first-order chi connectivity index (χ1) is 8.20. The molecule has 2 atom stereocenters. The molecular weight excluding hydrogens is 214 g/mol. The summed E-state index contributed by atoms with van der Waals surface area (Å²) in [6.07, 6.45) is 6.04. The molecule has 1 saturated carbocycles. The summed E-state index contributed by atoms with van der Waals surface area (Å²) in [6.45, 7) is 2.52. The van der Waals surface area contributed by atoms with Gasteiger partial charge >= 0.3 is 0 Å². The van der Waals surface area contributed by atoms with E-state index in [4.69, 9.17) is 5.73 Å². The molecule has 0 bridgehead atoms. The van der Waals surface area contributed by atoms with Gasteiger partial charge in [-0.15, -0.1) is 0 Å². The van der Waals surface area contributed by atoms with Crippen LogP contribution in [-0.4, -0.2) is 43.5 Å². The molecule has 0 radical (unpaired) electrons. The number of carbonyl (C=O) groups is 1. The van der Waals surface area contributed by atoms with Crippen molar-refractivity contribution >= 4 is 5.91 Å². The Morgan fingerprint density at radius 3 is 2.65 bits per heavy atom. The molecule has 1 saturated heterocycles. The van der Waals surface area contributed by atoms with Crippen LogP contribution in [0.1, 0.15) is 32.1 Å². The number of hydrogen-bond acceptors (Lipinski definition) is 3. The highest BCUT2D eigenvalue weighted by Gasteiger charge is 2.30. The third-order valence-electron chi connectivity index (χ3n) is 4.31. The van der Waals surface area contributed by atoms with Crippen molar-refractivity contribution in [3.05, 3.63) is 0 Å². The average molecular weight is 239 g/mol. The van der Waals surface area contributed by atoms with Crippen molar-refractivity contribution < 1.29 is 4.79 Å². The molecule has 4 nitrogen and oxygen atoms in total. The van der Waals surface area contributed by atoms with Crippen LogP contribution in [0.5, 0.6) is 0 Å². The largest absolute Gasteiger partial charge is 0.352 e. The van der Waals surface area contributed by atoms with Crippen LogP contribution < -0.4 is 11.1 Å². The minimum absolute atomic E-state index is 0.176. The lowest BCUT2D eigenvalue weighted by Crippen LogP contribution is -2.47. The monoisotopic (exact) mass is 239 g/mol. The number of likely N-dealkylation sites (tertiary alicyclic amines) is 1. The molecule has 17 heavy (non-hydrogen) atoms. The lowest BCUT2D eigenvalue weighted by molar-refractivity contribution is -0.125.